The number of halogens is 4. The summed E-state index contributed by atoms with van der Waals surface area (Å²) in [7, 11) is 1.44. The second-order valence-corrected chi connectivity index (χ2v) is 6.37. The quantitative estimate of drug-likeness (QED) is 0.803. The number of ether oxygens (including phenoxy) is 1. The molecule has 2 heterocycles. The number of amides is 1. The number of rotatable bonds is 4. The molecule has 1 aliphatic rings. The minimum absolute atomic E-state index is 0.0665. The summed E-state index contributed by atoms with van der Waals surface area (Å²) in [5.74, 6) is -2.25. The molecule has 0 saturated carbocycles. The van der Waals surface area contributed by atoms with Gasteiger partial charge in [0.25, 0.3) is 0 Å². The summed E-state index contributed by atoms with van der Waals surface area (Å²) in [5, 5.41) is 2.06. The predicted molar refractivity (Wildman–Crippen MR) is 92.5 cm³/mol. The average Bonchev–Trinajstić information content (AvgIpc) is 2.68. The van der Waals surface area contributed by atoms with E-state index in [1.54, 1.807) is 11.0 Å². The van der Waals surface area contributed by atoms with Crippen molar-refractivity contribution in [3.05, 3.63) is 47.9 Å². The Kier molecular flexibility index (Phi) is 5.66. The van der Waals surface area contributed by atoms with Gasteiger partial charge in [-0.25, -0.2) is 9.37 Å². The number of hydrogen-bond acceptors (Lipinski definition) is 5. The number of carbonyl (C=O) groups is 1. The Morgan fingerprint density at radius 2 is 1.96 bits per heavy atom. The van der Waals surface area contributed by atoms with Crippen LogP contribution in [0.15, 0.2) is 36.5 Å². The van der Waals surface area contributed by atoms with Gasteiger partial charge in [0.1, 0.15) is 5.82 Å². The molecule has 10 heteroatoms. The lowest BCUT2D eigenvalue weighted by Gasteiger charge is -2.39. The van der Waals surface area contributed by atoms with Gasteiger partial charge in [0.15, 0.2) is 0 Å². The lowest BCUT2D eigenvalue weighted by atomic mass is 9.85. The lowest BCUT2D eigenvalue weighted by molar-refractivity contribution is -0.174. The molecule has 1 N–H and O–H groups in total. The number of alkyl halides is 3. The van der Waals surface area contributed by atoms with Crippen LogP contribution < -0.4 is 15.0 Å². The van der Waals surface area contributed by atoms with E-state index in [1.165, 1.54) is 37.6 Å². The highest BCUT2D eigenvalue weighted by atomic mass is 19.4. The molecule has 1 saturated heterocycles. The third-order valence-electron chi connectivity index (χ3n) is 4.59. The summed E-state index contributed by atoms with van der Waals surface area (Å²) in [6, 6.07) is 6.22. The molecule has 1 amide bonds. The Balaban J connectivity index is 1.85. The topological polar surface area (TPSA) is 67.3 Å². The minimum Gasteiger partial charge on any atom is -0.481 e. The third kappa shape index (κ3) is 4.49. The number of benzene rings is 1. The van der Waals surface area contributed by atoms with Crippen molar-refractivity contribution in [2.75, 3.05) is 25.1 Å². The van der Waals surface area contributed by atoms with Crippen LogP contribution in [0, 0.1) is 5.82 Å². The number of piperidine rings is 1. The molecular weight excluding hydrogens is 380 g/mol. The summed E-state index contributed by atoms with van der Waals surface area (Å²) < 4.78 is 56.6. The van der Waals surface area contributed by atoms with E-state index in [4.69, 9.17) is 4.74 Å². The van der Waals surface area contributed by atoms with Crippen molar-refractivity contribution in [1.82, 2.24) is 15.3 Å². The Bertz CT molecular complexity index is 829. The number of anilines is 1. The number of hydrogen-bond donors (Lipinski definition) is 1. The van der Waals surface area contributed by atoms with Crippen molar-refractivity contribution >= 4 is 11.9 Å². The molecule has 2 unspecified atom stereocenters. The van der Waals surface area contributed by atoms with Crippen LogP contribution in [-0.4, -0.2) is 48.3 Å². The highest BCUT2D eigenvalue weighted by Gasteiger charge is 2.42. The number of nitrogens with one attached hydrogen (secondary N) is 1. The van der Waals surface area contributed by atoms with Gasteiger partial charge in [-0.3, -0.25) is 4.79 Å². The zero-order valence-electron chi connectivity index (χ0n) is 14.9. The van der Waals surface area contributed by atoms with Crippen LogP contribution in [0.25, 0.3) is 0 Å². The van der Waals surface area contributed by atoms with Gasteiger partial charge in [-0.2, -0.15) is 18.2 Å². The van der Waals surface area contributed by atoms with E-state index in [2.05, 4.69) is 15.3 Å². The van der Waals surface area contributed by atoms with Gasteiger partial charge in [-0.05, 0) is 24.1 Å². The zero-order valence-corrected chi connectivity index (χ0v) is 14.9. The van der Waals surface area contributed by atoms with Crippen LogP contribution >= 0.6 is 0 Å². The second-order valence-electron chi connectivity index (χ2n) is 6.37. The fourth-order valence-electron chi connectivity index (χ4n) is 3.24. The number of aromatic nitrogens is 2. The molecule has 150 valence electrons. The monoisotopic (exact) mass is 398 g/mol. The largest absolute Gasteiger partial charge is 0.481 e. The average molecular weight is 398 g/mol. The van der Waals surface area contributed by atoms with E-state index in [0.29, 0.717) is 30.4 Å². The molecule has 0 bridgehead atoms. The van der Waals surface area contributed by atoms with Crippen molar-refractivity contribution in [2.45, 2.75) is 24.6 Å². The van der Waals surface area contributed by atoms with Gasteiger partial charge >= 0.3 is 12.1 Å². The zero-order chi connectivity index (χ0) is 20.3. The van der Waals surface area contributed by atoms with Crippen LogP contribution in [0.3, 0.4) is 0 Å². The van der Waals surface area contributed by atoms with E-state index in [0.717, 1.165) is 0 Å². The maximum absolute atomic E-state index is 13.2. The van der Waals surface area contributed by atoms with Gasteiger partial charge in [-0.15, -0.1) is 0 Å². The summed E-state index contributed by atoms with van der Waals surface area (Å²) >= 11 is 0. The Hall–Kier alpha value is -2.91. The molecule has 3 rings (SSSR count). The highest BCUT2D eigenvalue weighted by Crippen LogP contribution is 2.31. The predicted octanol–water partition coefficient (Wildman–Crippen LogP) is 2.67. The standard InChI is InChI=1S/C18H18F4N4O2/c1-28-15-6-8-23-17(25-15)26-9-7-13(11-2-4-12(19)5-3-11)14(10-26)24-16(27)18(20,21)22/h2-6,8,13-14H,7,9-10H2,1H3,(H,24,27). The summed E-state index contributed by atoms with van der Waals surface area (Å²) in [6.07, 6.45) is -3.09. The van der Waals surface area contributed by atoms with Gasteiger partial charge in [0.2, 0.25) is 11.8 Å². The fraction of sp³-hybridized carbons (Fsp3) is 0.389. The SMILES string of the molecule is COc1ccnc(N2CCC(c3ccc(F)cc3)C(NC(=O)C(F)(F)F)C2)n1. The molecule has 1 aromatic carbocycles. The Morgan fingerprint density at radius 3 is 2.61 bits per heavy atom. The first-order valence-electron chi connectivity index (χ1n) is 8.53. The number of methoxy groups -OCH3 is 1. The van der Waals surface area contributed by atoms with Gasteiger partial charge in [-0.1, -0.05) is 12.1 Å². The summed E-state index contributed by atoms with van der Waals surface area (Å²) in [4.78, 5) is 21.6. The van der Waals surface area contributed by atoms with E-state index in [1.807, 2.05) is 0 Å². The molecule has 2 atom stereocenters. The normalized spacial score (nSPS) is 20.0. The first kappa shape index (κ1) is 19.8. The van der Waals surface area contributed by atoms with Gasteiger partial charge in [0.05, 0.1) is 13.2 Å². The summed E-state index contributed by atoms with van der Waals surface area (Å²) in [5.41, 5.74) is 0.653. The number of carbonyl (C=O) groups excluding carboxylic acids is 1. The smallest absolute Gasteiger partial charge is 0.471 e. The molecule has 0 spiro atoms. The molecule has 0 radical (unpaired) electrons. The minimum atomic E-state index is -5.00. The fourth-order valence-corrected chi connectivity index (χ4v) is 3.24. The molecule has 6 nitrogen and oxygen atoms in total. The number of nitrogens with zero attached hydrogens (tertiary/aromatic N) is 3. The Morgan fingerprint density at radius 1 is 1.25 bits per heavy atom. The highest BCUT2D eigenvalue weighted by molar-refractivity contribution is 5.82. The van der Waals surface area contributed by atoms with Gasteiger partial charge < -0.3 is 15.0 Å². The molecule has 0 aliphatic carbocycles. The second kappa shape index (κ2) is 7.99. The van der Waals surface area contributed by atoms with Crippen molar-refractivity contribution in [3.63, 3.8) is 0 Å². The van der Waals surface area contributed by atoms with Crippen molar-refractivity contribution < 1.29 is 27.1 Å². The van der Waals surface area contributed by atoms with E-state index in [9.17, 15) is 22.4 Å². The molecule has 1 aromatic heterocycles. The molecule has 1 fully saturated rings. The maximum Gasteiger partial charge on any atom is 0.471 e. The van der Waals surface area contributed by atoms with Crippen LogP contribution in [-0.2, 0) is 4.79 Å². The van der Waals surface area contributed by atoms with Crippen molar-refractivity contribution in [2.24, 2.45) is 0 Å². The third-order valence-corrected chi connectivity index (χ3v) is 4.59. The Labute approximate surface area is 158 Å². The lowest BCUT2D eigenvalue weighted by Crippen LogP contribution is -2.54. The first-order valence-corrected chi connectivity index (χ1v) is 8.53. The first-order chi connectivity index (χ1) is 13.3. The van der Waals surface area contributed by atoms with Crippen LogP contribution in [0.5, 0.6) is 5.88 Å². The van der Waals surface area contributed by atoms with E-state index in [-0.39, 0.29) is 6.54 Å². The van der Waals surface area contributed by atoms with Crippen molar-refractivity contribution in [3.8, 4) is 5.88 Å². The van der Waals surface area contributed by atoms with E-state index >= 15 is 0 Å². The van der Waals surface area contributed by atoms with Crippen LogP contribution in [0.4, 0.5) is 23.5 Å². The van der Waals surface area contributed by atoms with E-state index < -0.39 is 29.9 Å². The maximum atomic E-state index is 13.2. The van der Waals surface area contributed by atoms with Gasteiger partial charge in [0, 0.05) is 31.3 Å². The molecular formula is C18H18F4N4O2. The van der Waals surface area contributed by atoms with Crippen molar-refractivity contribution in [1.29, 1.82) is 0 Å². The molecule has 28 heavy (non-hydrogen) atoms. The van der Waals surface area contributed by atoms with Crippen LogP contribution in [0.2, 0.25) is 0 Å². The van der Waals surface area contributed by atoms with Crippen LogP contribution in [0.1, 0.15) is 17.9 Å². The summed E-state index contributed by atoms with van der Waals surface area (Å²) in [6.45, 7) is 0.518. The molecule has 1 aliphatic heterocycles. The molecule has 2 aromatic rings.